The van der Waals surface area contributed by atoms with E-state index in [1.165, 1.54) is 25.0 Å². The Labute approximate surface area is 242 Å². The van der Waals surface area contributed by atoms with Gasteiger partial charge in [0.1, 0.15) is 17.0 Å². The molecule has 0 radical (unpaired) electrons. The molecule has 0 aromatic heterocycles. The second-order valence-electron chi connectivity index (χ2n) is 11.7. The van der Waals surface area contributed by atoms with Crippen LogP contribution in [0, 0.1) is 11.3 Å². The third kappa shape index (κ3) is 6.55. The van der Waals surface area contributed by atoms with Crippen LogP contribution in [-0.4, -0.2) is 60.9 Å². The van der Waals surface area contributed by atoms with E-state index in [9.17, 15) is 23.6 Å². The Kier molecular flexibility index (Phi) is 8.44. The van der Waals surface area contributed by atoms with Crippen molar-refractivity contribution in [3.05, 3.63) is 58.7 Å². The Balaban J connectivity index is 0.00000370. The molecule has 11 heteroatoms. The Hall–Kier alpha value is -2.84. The third-order valence-electron chi connectivity index (χ3n) is 8.22. The molecule has 3 aliphatic rings. The van der Waals surface area contributed by atoms with Crippen molar-refractivity contribution < 1.29 is 23.1 Å². The van der Waals surface area contributed by atoms with Crippen LogP contribution in [0.15, 0.2) is 36.4 Å². The summed E-state index contributed by atoms with van der Waals surface area (Å²) < 4.78 is 32.7. The lowest BCUT2D eigenvalue weighted by Crippen LogP contribution is -2.55. The van der Waals surface area contributed by atoms with Gasteiger partial charge in [0, 0.05) is 36.8 Å². The molecule has 2 atom stereocenters. The van der Waals surface area contributed by atoms with Gasteiger partial charge in [-0.25, -0.2) is 8.42 Å². The van der Waals surface area contributed by atoms with Crippen molar-refractivity contribution in [2.75, 3.05) is 24.1 Å². The zero-order chi connectivity index (χ0) is 28.0. The van der Waals surface area contributed by atoms with Crippen LogP contribution in [-0.2, 0) is 27.7 Å². The van der Waals surface area contributed by atoms with Gasteiger partial charge in [-0.15, -0.1) is 12.4 Å². The highest BCUT2D eigenvalue weighted by Gasteiger charge is 2.45. The lowest BCUT2D eigenvalue weighted by Gasteiger charge is -2.49. The molecule has 40 heavy (non-hydrogen) atoms. The number of carbonyl (C=O) groups excluding carboxylic acids is 1. The average molecular weight is 589 g/mol. The number of aryl methyl sites for hydroxylation is 1. The monoisotopic (exact) mass is 588 g/mol. The van der Waals surface area contributed by atoms with E-state index in [0.717, 1.165) is 51.4 Å². The van der Waals surface area contributed by atoms with Crippen LogP contribution in [0.4, 0.5) is 5.69 Å². The number of hydrogen-bond acceptors (Lipinski definition) is 7. The minimum Gasteiger partial charge on any atom is -0.487 e. The van der Waals surface area contributed by atoms with E-state index >= 15 is 0 Å². The zero-order valence-corrected chi connectivity index (χ0v) is 24.7. The van der Waals surface area contributed by atoms with E-state index < -0.39 is 33.2 Å². The molecule has 216 valence electrons. The summed E-state index contributed by atoms with van der Waals surface area (Å²) in [4.78, 5) is 15.3. The van der Waals surface area contributed by atoms with Gasteiger partial charge in [0.05, 0.1) is 23.9 Å². The van der Waals surface area contributed by atoms with E-state index in [4.69, 9.17) is 4.74 Å². The number of fused-ring (bicyclic) bond motifs is 2. The standard InChI is InChI=1S/C29H36N4O5S.ClH/c1-28(2,35)27(34)31-25-17-29(38-26-9-7-22(16-24(25)26)32-39(3,36)37)10-12-33(13-11-29)23-8-6-20-14-19(18-30)4-5-21(20)15-23;/h4-5,7,9,14,16,23,25,32,35H,6,8,10-13,15,17H2,1-3H3,(H,31,34);1H/t23-,25+;/m1./s1. The van der Waals surface area contributed by atoms with Gasteiger partial charge in [0.15, 0.2) is 0 Å². The number of sulfonamides is 1. The van der Waals surface area contributed by atoms with Gasteiger partial charge in [-0.1, -0.05) is 6.07 Å². The smallest absolute Gasteiger partial charge is 0.251 e. The summed E-state index contributed by atoms with van der Waals surface area (Å²) in [5.74, 6) is 0.129. The van der Waals surface area contributed by atoms with Gasteiger partial charge in [-0.05, 0) is 87.4 Å². The highest BCUT2D eigenvalue weighted by Crippen LogP contribution is 2.46. The molecule has 5 rings (SSSR count). The molecule has 2 aromatic rings. The molecular weight excluding hydrogens is 552 g/mol. The van der Waals surface area contributed by atoms with Gasteiger partial charge in [0.25, 0.3) is 5.91 Å². The van der Waals surface area contributed by atoms with Gasteiger partial charge in [0.2, 0.25) is 10.0 Å². The number of likely N-dealkylation sites (tertiary alicyclic amines) is 1. The number of nitriles is 1. The first-order valence-corrected chi connectivity index (χ1v) is 15.3. The van der Waals surface area contributed by atoms with Gasteiger partial charge >= 0.3 is 0 Å². The molecule has 1 fully saturated rings. The maximum atomic E-state index is 12.8. The molecule has 1 aliphatic carbocycles. The molecule has 2 aromatic carbocycles. The number of hydrogen-bond donors (Lipinski definition) is 3. The molecule has 0 bridgehead atoms. The third-order valence-corrected chi connectivity index (χ3v) is 8.82. The van der Waals surface area contributed by atoms with Crippen LogP contribution in [0.3, 0.4) is 0 Å². The van der Waals surface area contributed by atoms with E-state index in [1.807, 2.05) is 12.1 Å². The largest absolute Gasteiger partial charge is 0.487 e. The van der Waals surface area contributed by atoms with Crippen LogP contribution in [0.1, 0.15) is 67.8 Å². The number of anilines is 1. The van der Waals surface area contributed by atoms with Gasteiger partial charge in [-0.3, -0.25) is 14.4 Å². The molecular formula is C29H37ClN4O5S. The number of nitrogens with zero attached hydrogens (tertiary/aromatic N) is 2. The van der Waals surface area contributed by atoms with E-state index in [2.05, 4.69) is 27.1 Å². The van der Waals surface area contributed by atoms with Crippen LogP contribution < -0.4 is 14.8 Å². The predicted octanol–water partition coefficient (Wildman–Crippen LogP) is 3.45. The number of aliphatic hydroxyl groups is 1. The Morgan fingerprint density at radius 3 is 2.55 bits per heavy atom. The quantitative estimate of drug-likeness (QED) is 0.487. The van der Waals surface area contributed by atoms with Crippen molar-refractivity contribution in [3.8, 4) is 11.8 Å². The molecule has 0 saturated carbocycles. The lowest BCUT2D eigenvalue weighted by molar-refractivity contribution is -0.138. The van der Waals surface area contributed by atoms with Crippen molar-refractivity contribution in [2.24, 2.45) is 0 Å². The number of amides is 1. The van der Waals surface area contributed by atoms with Crippen molar-refractivity contribution in [1.29, 1.82) is 5.26 Å². The molecule has 0 unspecified atom stereocenters. The van der Waals surface area contributed by atoms with Crippen molar-refractivity contribution in [3.63, 3.8) is 0 Å². The minimum absolute atomic E-state index is 0. The maximum absolute atomic E-state index is 12.8. The number of ether oxygens (including phenoxy) is 1. The Morgan fingerprint density at radius 2 is 1.90 bits per heavy atom. The number of carbonyl (C=O) groups is 1. The first-order chi connectivity index (χ1) is 18.3. The Bertz CT molecular complexity index is 1420. The highest BCUT2D eigenvalue weighted by molar-refractivity contribution is 7.92. The summed E-state index contributed by atoms with van der Waals surface area (Å²) in [6.45, 7) is 4.63. The molecule has 2 aliphatic heterocycles. The first-order valence-electron chi connectivity index (χ1n) is 13.4. The first kappa shape index (κ1) is 30.1. The summed E-state index contributed by atoms with van der Waals surface area (Å²) in [7, 11) is -3.47. The minimum atomic E-state index is -3.47. The number of nitrogens with one attached hydrogen (secondary N) is 2. The molecule has 2 heterocycles. The van der Waals surface area contributed by atoms with E-state index in [1.54, 1.807) is 18.2 Å². The van der Waals surface area contributed by atoms with Crippen molar-refractivity contribution >= 4 is 34.0 Å². The highest BCUT2D eigenvalue weighted by atomic mass is 35.5. The number of rotatable bonds is 5. The van der Waals surface area contributed by atoms with Gasteiger partial charge in [-0.2, -0.15) is 5.26 Å². The molecule has 1 spiro atoms. The van der Waals surface area contributed by atoms with Crippen molar-refractivity contribution in [1.82, 2.24) is 10.2 Å². The van der Waals surface area contributed by atoms with E-state index in [0.29, 0.717) is 35.0 Å². The lowest BCUT2D eigenvalue weighted by atomic mass is 9.79. The summed E-state index contributed by atoms with van der Waals surface area (Å²) in [5, 5.41) is 22.5. The fraction of sp³-hybridized carbons (Fsp3) is 0.517. The van der Waals surface area contributed by atoms with Crippen molar-refractivity contribution in [2.45, 2.75) is 75.7 Å². The Morgan fingerprint density at radius 1 is 1.18 bits per heavy atom. The number of halogens is 1. The molecule has 9 nitrogen and oxygen atoms in total. The van der Waals surface area contributed by atoms with Crippen LogP contribution in [0.5, 0.6) is 5.75 Å². The van der Waals surface area contributed by atoms with E-state index in [-0.39, 0.29) is 12.4 Å². The fourth-order valence-electron chi connectivity index (χ4n) is 6.13. The second kappa shape index (κ2) is 11.2. The van der Waals surface area contributed by atoms with Gasteiger partial charge < -0.3 is 15.2 Å². The predicted molar refractivity (Wildman–Crippen MR) is 155 cm³/mol. The normalized spacial score (nSPS) is 22.1. The summed E-state index contributed by atoms with van der Waals surface area (Å²) in [5.41, 5.74) is 2.38. The van der Waals surface area contributed by atoms with Crippen LogP contribution in [0.2, 0.25) is 0 Å². The second-order valence-corrected chi connectivity index (χ2v) is 13.5. The zero-order valence-electron chi connectivity index (χ0n) is 23.1. The van der Waals surface area contributed by atoms with Crippen LogP contribution in [0.25, 0.3) is 0 Å². The average Bonchev–Trinajstić information content (AvgIpc) is 2.87. The summed E-state index contributed by atoms with van der Waals surface area (Å²) >= 11 is 0. The molecule has 1 amide bonds. The number of benzene rings is 2. The fourth-order valence-corrected chi connectivity index (χ4v) is 6.69. The number of piperidine rings is 1. The topological polar surface area (TPSA) is 132 Å². The SMILES string of the molecule is CC(C)(O)C(=O)N[C@H]1CC2(CCN([C@@H]3CCc4cc(C#N)ccc4C3)CC2)Oc2ccc(NS(C)(=O)=O)cc21.Cl. The van der Waals surface area contributed by atoms with Crippen LogP contribution >= 0.6 is 12.4 Å². The summed E-state index contributed by atoms with van der Waals surface area (Å²) in [6, 6.07) is 13.4. The summed E-state index contributed by atoms with van der Waals surface area (Å²) in [6.07, 6.45) is 6.20. The molecule has 1 saturated heterocycles. The maximum Gasteiger partial charge on any atom is 0.251 e. The molecule has 3 N–H and O–H groups in total.